The van der Waals surface area contributed by atoms with Crippen LogP contribution in [0.15, 0.2) is 18.2 Å². The molecule has 0 aliphatic carbocycles. The zero-order chi connectivity index (χ0) is 12.0. The molecule has 0 saturated heterocycles. The molecule has 0 bridgehead atoms. The van der Waals surface area contributed by atoms with Crippen molar-refractivity contribution in [3.05, 3.63) is 35.2 Å². The van der Waals surface area contributed by atoms with E-state index in [9.17, 15) is 4.79 Å². The van der Waals surface area contributed by atoms with Gasteiger partial charge in [-0.05, 0) is 31.0 Å². The molecule has 0 spiro atoms. The third kappa shape index (κ3) is 3.85. The van der Waals surface area contributed by atoms with E-state index in [1.807, 2.05) is 25.1 Å². The van der Waals surface area contributed by atoms with E-state index in [0.29, 0.717) is 6.42 Å². The minimum Gasteiger partial charge on any atom is -0.469 e. The number of nitrogens with zero attached hydrogens (tertiary/aromatic N) is 1. The number of carbonyl (C=O) groups excluding carboxylic acids is 1. The van der Waals surface area contributed by atoms with E-state index >= 15 is 0 Å². The van der Waals surface area contributed by atoms with Crippen LogP contribution in [0.2, 0.25) is 0 Å². The summed E-state index contributed by atoms with van der Waals surface area (Å²) < 4.78 is 4.55. The number of ether oxygens (including phenoxy) is 1. The third-order valence-electron chi connectivity index (χ3n) is 2.21. The van der Waals surface area contributed by atoms with Crippen molar-refractivity contribution in [1.29, 1.82) is 0 Å². The van der Waals surface area contributed by atoms with E-state index in [2.05, 4.69) is 16.6 Å². The lowest BCUT2D eigenvalue weighted by Gasteiger charge is -2.01. The predicted molar refractivity (Wildman–Crippen MR) is 64.0 cm³/mol. The fourth-order valence-corrected chi connectivity index (χ4v) is 1.42. The number of pyridine rings is 1. The van der Waals surface area contributed by atoms with Crippen molar-refractivity contribution in [2.24, 2.45) is 0 Å². The minimum atomic E-state index is -0.224. The monoisotopic (exact) mass is 219 g/mol. The van der Waals surface area contributed by atoms with Gasteiger partial charge in [-0.3, -0.25) is 9.78 Å². The summed E-state index contributed by atoms with van der Waals surface area (Å²) >= 11 is 0. The van der Waals surface area contributed by atoms with Crippen molar-refractivity contribution in [2.45, 2.75) is 26.7 Å². The molecule has 16 heavy (non-hydrogen) atoms. The van der Waals surface area contributed by atoms with E-state index < -0.39 is 0 Å². The second-order valence-electron chi connectivity index (χ2n) is 3.57. The molecule has 1 heterocycles. The number of aryl methyl sites for hydroxylation is 2. The molecular formula is C13H17NO2. The Balaban J connectivity index is 2.73. The summed E-state index contributed by atoms with van der Waals surface area (Å²) in [6, 6.07) is 4.02. The summed E-state index contributed by atoms with van der Waals surface area (Å²) in [4.78, 5) is 15.3. The van der Waals surface area contributed by atoms with Gasteiger partial charge < -0.3 is 4.74 Å². The standard InChI is InChI=1S/C13H17NO2/c1-4-12-9-11(8-10(2)14-12)6-5-7-13(15)16-3/h5-6,8-9H,4,7H2,1-3H3/b6-5+. The number of hydrogen-bond donors (Lipinski definition) is 0. The summed E-state index contributed by atoms with van der Waals surface area (Å²) in [5.74, 6) is -0.224. The molecule has 0 amide bonds. The van der Waals surface area contributed by atoms with E-state index in [4.69, 9.17) is 0 Å². The van der Waals surface area contributed by atoms with E-state index in [0.717, 1.165) is 23.4 Å². The Kier molecular flexibility index (Phi) is 4.70. The van der Waals surface area contributed by atoms with Crippen LogP contribution in [-0.4, -0.2) is 18.1 Å². The van der Waals surface area contributed by atoms with Crippen LogP contribution in [0.1, 0.15) is 30.3 Å². The first kappa shape index (κ1) is 12.4. The van der Waals surface area contributed by atoms with Gasteiger partial charge in [-0.25, -0.2) is 0 Å². The van der Waals surface area contributed by atoms with Gasteiger partial charge in [-0.15, -0.1) is 0 Å². The normalized spacial score (nSPS) is 10.7. The van der Waals surface area contributed by atoms with Gasteiger partial charge in [0.1, 0.15) is 0 Å². The van der Waals surface area contributed by atoms with Crippen molar-refractivity contribution in [3.63, 3.8) is 0 Å². The number of esters is 1. The summed E-state index contributed by atoms with van der Waals surface area (Å²) in [6.07, 6.45) is 4.95. The Morgan fingerprint density at radius 1 is 1.50 bits per heavy atom. The zero-order valence-corrected chi connectivity index (χ0v) is 9.99. The summed E-state index contributed by atoms with van der Waals surface area (Å²) in [5.41, 5.74) is 3.14. The fourth-order valence-electron chi connectivity index (χ4n) is 1.42. The van der Waals surface area contributed by atoms with Gasteiger partial charge in [0.2, 0.25) is 0 Å². The van der Waals surface area contributed by atoms with Gasteiger partial charge in [0.15, 0.2) is 0 Å². The van der Waals surface area contributed by atoms with E-state index in [1.54, 1.807) is 6.08 Å². The molecule has 3 heteroatoms. The summed E-state index contributed by atoms with van der Waals surface area (Å²) in [5, 5.41) is 0. The van der Waals surface area contributed by atoms with Crippen LogP contribution in [-0.2, 0) is 16.0 Å². The quantitative estimate of drug-likeness (QED) is 0.730. The number of carbonyl (C=O) groups is 1. The van der Waals surface area contributed by atoms with Gasteiger partial charge in [-0.2, -0.15) is 0 Å². The molecule has 0 radical (unpaired) electrons. The first-order chi connectivity index (χ1) is 7.65. The molecule has 1 rings (SSSR count). The highest BCUT2D eigenvalue weighted by atomic mass is 16.5. The van der Waals surface area contributed by atoms with E-state index in [-0.39, 0.29) is 5.97 Å². The van der Waals surface area contributed by atoms with Crippen molar-refractivity contribution in [2.75, 3.05) is 7.11 Å². The van der Waals surface area contributed by atoms with E-state index in [1.165, 1.54) is 7.11 Å². The smallest absolute Gasteiger partial charge is 0.309 e. The average Bonchev–Trinajstić information content (AvgIpc) is 2.28. The summed E-state index contributed by atoms with van der Waals surface area (Å²) in [6.45, 7) is 4.04. The highest BCUT2D eigenvalue weighted by molar-refractivity contribution is 5.72. The van der Waals surface area contributed by atoms with Crippen molar-refractivity contribution < 1.29 is 9.53 Å². The van der Waals surface area contributed by atoms with Crippen molar-refractivity contribution >= 4 is 12.0 Å². The molecule has 1 aromatic rings. The Morgan fingerprint density at radius 3 is 2.88 bits per heavy atom. The molecule has 0 N–H and O–H groups in total. The molecule has 86 valence electrons. The highest BCUT2D eigenvalue weighted by Gasteiger charge is 1.97. The minimum absolute atomic E-state index is 0.224. The van der Waals surface area contributed by atoms with Crippen molar-refractivity contribution in [1.82, 2.24) is 4.98 Å². The molecule has 0 unspecified atom stereocenters. The second-order valence-corrected chi connectivity index (χ2v) is 3.57. The van der Waals surface area contributed by atoms with Gasteiger partial charge in [0, 0.05) is 11.4 Å². The lowest BCUT2D eigenvalue weighted by atomic mass is 10.1. The molecule has 3 nitrogen and oxygen atoms in total. The first-order valence-corrected chi connectivity index (χ1v) is 5.36. The molecule has 0 aromatic carbocycles. The number of rotatable bonds is 4. The maximum atomic E-state index is 10.9. The van der Waals surface area contributed by atoms with Crippen LogP contribution in [0, 0.1) is 6.92 Å². The lowest BCUT2D eigenvalue weighted by molar-refractivity contribution is -0.139. The number of hydrogen-bond acceptors (Lipinski definition) is 3. The molecule has 0 aliphatic rings. The Labute approximate surface area is 96.2 Å². The molecule has 0 aliphatic heterocycles. The Hall–Kier alpha value is -1.64. The second kappa shape index (κ2) is 6.05. The van der Waals surface area contributed by atoms with Crippen molar-refractivity contribution in [3.8, 4) is 0 Å². The molecular weight excluding hydrogens is 202 g/mol. The number of aromatic nitrogens is 1. The average molecular weight is 219 g/mol. The van der Waals surface area contributed by atoms with Crippen LogP contribution in [0.4, 0.5) is 0 Å². The van der Waals surface area contributed by atoms with Crippen LogP contribution in [0.3, 0.4) is 0 Å². The van der Waals surface area contributed by atoms with Crippen LogP contribution in [0.25, 0.3) is 6.08 Å². The zero-order valence-electron chi connectivity index (χ0n) is 9.99. The Morgan fingerprint density at radius 2 is 2.25 bits per heavy atom. The molecule has 0 fully saturated rings. The predicted octanol–water partition coefficient (Wildman–Crippen LogP) is 2.53. The maximum Gasteiger partial charge on any atom is 0.309 e. The lowest BCUT2D eigenvalue weighted by Crippen LogP contribution is -1.96. The largest absolute Gasteiger partial charge is 0.469 e. The molecule has 0 saturated carbocycles. The first-order valence-electron chi connectivity index (χ1n) is 5.36. The molecule has 0 atom stereocenters. The highest BCUT2D eigenvalue weighted by Crippen LogP contribution is 2.08. The SMILES string of the molecule is CCc1cc(/C=C/CC(=O)OC)cc(C)n1. The molecule has 1 aromatic heterocycles. The van der Waals surface area contributed by atoms with Gasteiger partial charge in [0.05, 0.1) is 13.5 Å². The maximum absolute atomic E-state index is 10.9. The summed E-state index contributed by atoms with van der Waals surface area (Å²) in [7, 11) is 1.39. The van der Waals surface area contributed by atoms with Gasteiger partial charge in [-0.1, -0.05) is 19.1 Å². The fraction of sp³-hybridized carbons (Fsp3) is 0.385. The van der Waals surface area contributed by atoms with Crippen LogP contribution < -0.4 is 0 Å². The topological polar surface area (TPSA) is 39.2 Å². The van der Waals surface area contributed by atoms with Gasteiger partial charge >= 0.3 is 5.97 Å². The van der Waals surface area contributed by atoms with Crippen LogP contribution >= 0.6 is 0 Å². The third-order valence-corrected chi connectivity index (χ3v) is 2.21. The Bertz CT molecular complexity index is 397. The number of methoxy groups -OCH3 is 1. The van der Waals surface area contributed by atoms with Gasteiger partial charge in [0.25, 0.3) is 0 Å². The van der Waals surface area contributed by atoms with Crippen LogP contribution in [0.5, 0.6) is 0 Å².